The van der Waals surface area contributed by atoms with Gasteiger partial charge in [0.05, 0.1) is 11.1 Å². The lowest BCUT2D eigenvalue weighted by Gasteiger charge is -2.38. The molecule has 0 bridgehead atoms. The number of halogens is 1. The van der Waals surface area contributed by atoms with Crippen LogP contribution in [0.5, 0.6) is 5.75 Å². The number of hydrogen-bond acceptors (Lipinski definition) is 2. The summed E-state index contributed by atoms with van der Waals surface area (Å²) in [7, 11) is 0. The number of aldehydes is 1. The van der Waals surface area contributed by atoms with Crippen molar-refractivity contribution in [2.24, 2.45) is 11.3 Å². The van der Waals surface area contributed by atoms with Gasteiger partial charge in [-0.1, -0.05) is 32.4 Å². The number of carbonyl (C=O) groups excluding carboxylic acids is 1. The molecule has 1 aromatic carbocycles. The summed E-state index contributed by atoms with van der Waals surface area (Å²) in [5.74, 6) is 1.43. The predicted molar refractivity (Wildman–Crippen MR) is 78.1 cm³/mol. The van der Waals surface area contributed by atoms with E-state index in [1.54, 1.807) is 12.1 Å². The highest BCUT2D eigenvalue weighted by Crippen LogP contribution is 2.40. The van der Waals surface area contributed by atoms with Crippen molar-refractivity contribution in [3.63, 3.8) is 0 Å². The maximum atomic E-state index is 10.7. The van der Waals surface area contributed by atoms with Gasteiger partial charge < -0.3 is 4.74 Å². The van der Waals surface area contributed by atoms with E-state index in [0.29, 0.717) is 21.9 Å². The smallest absolute Gasteiger partial charge is 0.151 e. The third kappa shape index (κ3) is 3.73. The minimum Gasteiger partial charge on any atom is -0.490 e. The normalized spacial score (nSPS) is 25.9. The Labute approximate surface area is 120 Å². The van der Waals surface area contributed by atoms with E-state index in [0.717, 1.165) is 24.9 Å². The summed E-state index contributed by atoms with van der Waals surface area (Å²) < 4.78 is 6.04. The monoisotopic (exact) mass is 280 g/mol. The third-order valence-electron chi connectivity index (χ3n) is 3.75. The SMILES string of the molecule is CC1CC(Oc2ccc(C=O)c(Cl)c2)CC(C)(C)C1. The Kier molecular flexibility index (Phi) is 4.19. The standard InChI is InChI=1S/C16H21ClO2/c1-11-6-14(9-16(2,3)8-11)19-13-5-4-12(10-18)15(17)7-13/h4-5,7,10-11,14H,6,8-9H2,1-3H3. The second-order valence-corrected chi connectivity index (χ2v) is 6.86. The average Bonchev–Trinajstić information content (AvgIpc) is 2.26. The summed E-state index contributed by atoms with van der Waals surface area (Å²) in [5, 5.41) is 0.454. The highest BCUT2D eigenvalue weighted by atomic mass is 35.5. The summed E-state index contributed by atoms with van der Waals surface area (Å²) >= 11 is 6.02. The van der Waals surface area contributed by atoms with Gasteiger partial charge in [0.2, 0.25) is 0 Å². The van der Waals surface area contributed by atoms with Crippen LogP contribution < -0.4 is 4.74 Å². The lowest BCUT2D eigenvalue weighted by atomic mass is 9.71. The van der Waals surface area contributed by atoms with Crippen molar-refractivity contribution >= 4 is 17.9 Å². The van der Waals surface area contributed by atoms with Crippen molar-refractivity contribution in [1.82, 2.24) is 0 Å². The lowest BCUT2D eigenvalue weighted by molar-refractivity contribution is 0.0563. The van der Waals surface area contributed by atoms with Gasteiger partial charge in [-0.25, -0.2) is 0 Å². The molecule has 0 N–H and O–H groups in total. The lowest BCUT2D eigenvalue weighted by Crippen LogP contribution is -2.34. The van der Waals surface area contributed by atoms with Crippen LogP contribution >= 0.6 is 11.6 Å². The van der Waals surface area contributed by atoms with Gasteiger partial charge in [0.25, 0.3) is 0 Å². The molecule has 1 aromatic rings. The Morgan fingerprint density at radius 1 is 1.37 bits per heavy atom. The molecule has 104 valence electrons. The molecule has 2 unspecified atom stereocenters. The van der Waals surface area contributed by atoms with Crippen LogP contribution in [0.25, 0.3) is 0 Å². The fourth-order valence-electron chi connectivity index (χ4n) is 3.22. The molecule has 0 heterocycles. The van der Waals surface area contributed by atoms with Crippen LogP contribution in [0.2, 0.25) is 5.02 Å². The summed E-state index contributed by atoms with van der Waals surface area (Å²) in [5.41, 5.74) is 0.834. The first-order valence-electron chi connectivity index (χ1n) is 6.81. The second-order valence-electron chi connectivity index (χ2n) is 6.45. The van der Waals surface area contributed by atoms with Crippen LogP contribution in [-0.4, -0.2) is 12.4 Å². The van der Waals surface area contributed by atoms with Gasteiger partial charge in [-0.3, -0.25) is 4.79 Å². The molecule has 2 atom stereocenters. The molecule has 1 aliphatic rings. The number of benzene rings is 1. The van der Waals surface area contributed by atoms with E-state index in [1.807, 2.05) is 6.07 Å². The molecule has 0 amide bonds. The van der Waals surface area contributed by atoms with Gasteiger partial charge in [-0.05, 0) is 48.8 Å². The minimum atomic E-state index is 0.233. The molecule has 19 heavy (non-hydrogen) atoms. The number of hydrogen-bond donors (Lipinski definition) is 0. The third-order valence-corrected chi connectivity index (χ3v) is 4.08. The fourth-order valence-corrected chi connectivity index (χ4v) is 3.43. The maximum Gasteiger partial charge on any atom is 0.151 e. The van der Waals surface area contributed by atoms with Crippen LogP contribution in [0, 0.1) is 11.3 Å². The van der Waals surface area contributed by atoms with Crippen molar-refractivity contribution in [3.05, 3.63) is 28.8 Å². The van der Waals surface area contributed by atoms with E-state index in [9.17, 15) is 4.79 Å². The highest BCUT2D eigenvalue weighted by Gasteiger charge is 2.33. The zero-order chi connectivity index (χ0) is 14.0. The van der Waals surface area contributed by atoms with Gasteiger partial charge in [0.1, 0.15) is 5.75 Å². The van der Waals surface area contributed by atoms with E-state index in [-0.39, 0.29) is 6.10 Å². The summed E-state index contributed by atoms with van der Waals surface area (Å²) in [6.45, 7) is 6.86. The first-order chi connectivity index (χ1) is 8.89. The minimum absolute atomic E-state index is 0.233. The summed E-state index contributed by atoms with van der Waals surface area (Å²) in [6, 6.07) is 5.27. The largest absolute Gasteiger partial charge is 0.490 e. The molecule has 1 fully saturated rings. The van der Waals surface area contributed by atoms with Gasteiger partial charge >= 0.3 is 0 Å². The van der Waals surface area contributed by atoms with Crippen molar-refractivity contribution in [2.45, 2.75) is 46.1 Å². The zero-order valence-electron chi connectivity index (χ0n) is 11.8. The Bertz CT molecular complexity index is 468. The molecule has 0 aliphatic heterocycles. The van der Waals surface area contributed by atoms with Gasteiger partial charge in [-0.2, -0.15) is 0 Å². The van der Waals surface area contributed by atoms with E-state index >= 15 is 0 Å². The quantitative estimate of drug-likeness (QED) is 0.747. The Hall–Kier alpha value is -1.02. The van der Waals surface area contributed by atoms with Crippen molar-refractivity contribution in [1.29, 1.82) is 0 Å². The molecule has 0 aromatic heterocycles. The van der Waals surface area contributed by atoms with E-state index in [4.69, 9.17) is 16.3 Å². The molecule has 0 saturated heterocycles. The second kappa shape index (κ2) is 5.54. The number of carbonyl (C=O) groups is 1. The van der Waals surface area contributed by atoms with E-state index in [2.05, 4.69) is 20.8 Å². The van der Waals surface area contributed by atoms with Crippen LogP contribution in [0.3, 0.4) is 0 Å². The molecular weight excluding hydrogens is 260 g/mol. The zero-order valence-corrected chi connectivity index (χ0v) is 12.5. The molecule has 3 heteroatoms. The summed E-state index contributed by atoms with van der Waals surface area (Å²) in [6.07, 6.45) is 4.38. The Morgan fingerprint density at radius 3 is 2.68 bits per heavy atom. The molecule has 1 saturated carbocycles. The van der Waals surface area contributed by atoms with Crippen molar-refractivity contribution in [3.8, 4) is 5.75 Å². The van der Waals surface area contributed by atoms with Crippen LogP contribution in [0.1, 0.15) is 50.4 Å². The van der Waals surface area contributed by atoms with Crippen molar-refractivity contribution < 1.29 is 9.53 Å². The van der Waals surface area contributed by atoms with E-state index in [1.165, 1.54) is 6.42 Å². The first-order valence-corrected chi connectivity index (χ1v) is 7.19. The van der Waals surface area contributed by atoms with Gasteiger partial charge in [0, 0.05) is 5.56 Å². The van der Waals surface area contributed by atoms with Crippen molar-refractivity contribution in [2.75, 3.05) is 0 Å². The summed E-state index contributed by atoms with van der Waals surface area (Å²) in [4.78, 5) is 10.7. The van der Waals surface area contributed by atoms with E-state index < -0.39 is 0 Å². The Balaban J connectivity index is 2.08. The fraction of sp³-hybridized carbons (Fsp3) is 0.562. The van der Waals surface area contributed by atoms with Crippen LogP contribution in [-0.2, 0) is 0 Å². The molecular formula is C16H21ClO2. The number of ether oxygens (including phenoxy) is 1. The molecule has 0 radical (unpaired) electrons. The average molecular weight is 281 g/mol. The van der Waals surface area contributed by atoms with Gasteiger partial charge in [0.15, 0.2) is 6.29 Å². The van der Waals surface area contributed by atoms with Crippen LogP contribution in [0.4, 0.5) is 0 Å². The van der Waals surface area contributed by atoms with Crippen LogP contribution in [0.15, 0.2) is 18.2 Å². The molecule has 1 aliphatic carbocycles. The predicted octanol–water partition coefficient (Wildman–Crippen LogP) is 4.75. The highest BCUT2D eigenvalue weighted by molar-refractivity contribution is 6.33. The maximum absolute atomic E-state index is 10.7. The molecule has 2 nitrogen and oxygen atoms in total. The van der Waals surface area contributed by atoms with Gasteiger partial charge in [-0.15, -0.1) is 0 Å². The first kappa shape index (κ1) is 14.4. The number of rotatable bonds is 3. The molecule has 2 rings (SSSR count). The Morgan fingerprint density at radius 2 is 2.11 bits per heavy atom. The molecule has 0 spiro atoms. The topological polar surface area (TPSA) is 26.3 Å².